The molecular weight excluding hydrogens is 194 g/mol. The average molecular weight is 211 g/mol. The van der Waals surface area contributed by atoms with E-state index in [1.807, 2.05) is 0 Å². The molecule has 0 spiro atoms. The smallest absolute Gasteiger partial charge is 0.225 e. The van der Waals surface area contributed by atoms with Gasteiger partial charge < -0.3 is 14.7 Å². The summed E-state index contributed by atoms with van der Waals surface area (Å²) >= 11 is 0. The number of ether oxygens (including phenoxy) is 1. The normalized spacial score (nSPS) is 14.7. The standard InChI is InChI=1S/C11H17NO3/c1-2-8-15-9-5-11(14)12(6-7-13)10-3-4-10/h1,10,13H,3-9H2. The average Bonchev–Trinajstić information content (AvgIpc) is 3.04. The summed E-state index contributed by atoms with van der Waals surface area (Å²) in [5, 5.41) is 8.82. The van der Waals surface area contributed by atoms with Crippen molar-refractivity contribution in [3.05, 3.63) is 0 Å². The van der Waals surface area contributed by atoms with E-state index >= 15 is 0 Å². The fraction of sp³-hybridized carbons (Fsp3) is 0.727. The first-order valence-corrected chi connectivity index (χ1v) is 5.21. The van der Waals surface area contributed by atoms with E-state index in [-0.39, 0.29) is 19.1 Å². The molecule has 84 valence electrons. The zero-order valence-corrected chi connectivity index (χ0v) is 8.82. The summed E-state index contributed by atoms with van der Waals surface area (Å²) in [6.07, 6.45) is 7.46. The van der Waals surface area contributed by atoms with Crippen molar-refractivity contribution in [1.29, 1.82) is 0 Å². The molecule has 1 rings (SSSR count). The Balaban J connectivity index is 2.20. The summed E-state index contributed by atoms with van der Waals surface area (Å²) in [4.78, 5) is 13.4. The monoisotopic (exact) mass is 211 g/mol. The number of terminal acetylenes is 1. The first kappa shape index (κ1) is 12.0. The Morgan fingerprint density at radius 3 is 2.87 bits per heavy atom. The zero-order valence-electron chi connectivity index (χ0n) is 8.82. The highest BCUT2D eigenvalue weighted by atomic mass is 16.5. The van der Waals surface area contributed by atoms with Crippen molar-refractivity contribution in [1.82, 2.24) is 4.90 Å². The predicted molar refractivity (Wildman–Crippen MR) is 56.1 cm³/mol. The highest BCUT2D eigenvalue weighted by Gasteiger charge is 2.31. The molecule has 0 atom stereocenters. The largest absolute Gasteiger partial charge is 0.395 e. The Kier molecular flexibility index (Phi) is 5.16. The van der Waals surface area contributed by atoms with Crippen LogP contribution in [0.5, 0.6) is 0 Å². The third kappa shape index (κ3) is 4.32. The van der Waals surface area contributed by atoms with Gasteiger partial charge in [0.25, 0.3) is 0 Å². The van der Waals surface area contributed by atoms with E-state index in [0.29, 0.717) is 25.6 Å². The fourth-order valence-electron chi connectivity index (χ4n) is 1.44. The topological polar surface area (TPSA) is 49.8 Å². The third-order valence-electron chi connectivity index (χ3n) is 2.29. The summed E-state index contributed by atoms with van der Waals surface area (Å²) in [5.74, 6) is 2.39. The van der Waals surface area contributed by atoms with Gasteiger partial charge in [0.2, 0.25) is 5.91 Å². The van der Waals surface area contributed by atoms with Gasteiger partial charge in [-0.05, 0) is 12.8 Å². The minimum atomic E-state index is 0.0213. The van der Waals surface area contributed by atoms with E-state index in [4.69, 9.17) is 16.3 Å². The number of carbonyl (C=O) groups is 1. The molecule has 4 heteroatoms. The van der Waals surface area contributed by atoms with E-state index in [0.717, 1.165) is 12.8 Å². The minimum Gasteiger partial charge on any atom is -0.395 e. The van der Waals surface area contributed by atoms with Crippen molar-refractivity contribution < 1.29 is 14.6 Å². The molecule has 0 saturated heterocycles. The second kappa shape index (κ2) is 6.44. The van der Waals surface area contributed by atoms with Crippen LogP contribution in [0.3, 0.4) is 0 Å². The van der Waals surface area contributed by atoms with Crippen molar-refractivity contribution in [2.75, 3.05) is 26.4 Å². The van der Waals surface area contributed by atoms with Crippen molar-refractivity contribution >= 4 is 5.91 Å². The molecule has 1 aliphatic carbocycles. The number of aliphatic hydroxyl groups is 1. The number of carbonyl (C=O) groups excluding carboxylic acids is 1. The SMILES string of the molecule is C#CCOCCC(=O)N(CCO)C1CC1. The predicted octanol–water partition coefficient (Wildman–Crippen LogP) is 0.00960. The quantitative estimate of drug-likeness (QED) is 0.476. The van der Waals surface area contributed by atoms with Crippen molar-refractivity contribution in [2.45, 2.75) is 25.3 Å². The second-order valence-corrected chi connectivity index (χ2v) is 3.55. The Labute approximate surface area is 90.2 Å². The maximum Gasteiger partial charge on any atom is 0.225 e. The maximum absolute atomic E-state index is 11.7. The highest BCUT2D eigenvalue weighted by Crippen LogP contribution is 2.26. The van der Waals surface area contributed by atoms with E-state index in [1.165, 1.54) is 0 Å². The van der Waals surface area contributed by atoms with Crippen LogP contribution in [-0.2, 0) is 9.53 Å². The number of hydrogen-bond acceptors (Lipinski definition) is 3. The third-order valence-corrected chi connectivity index (χ3v) is 2.29. The van der Waals surface area contributed by atoms with E-state index < -0.39 is 0 Å². The summed E-state index contributed by atoms with van der Waals surface area (Å²) in [7, 11) is 0. The van der Waals surface area contributed by atoms with Gasteiger partial charge >= 0.3 is 0 Å². The molecule has 0 radical (unpaired) electrons. The molecule has 0 unspecified atom stereocenters. The van der Waals surface area contributed by atoms with Crippen molar-refractivity contribution in [3.8, 4) is 12.3 Å². The molecule has 15 heavy (non-hydrogen) atoms. The molecule has 1 N–H and O–H groups in total. The number of hydrogen-bond donors (Lipinski definition) is 1. The lowest BCUT2D eigenvalue weighted by Gasteiger charge is -2.21. The van der Waals surface area contributed by atoms with Crippen LogP contribution in [0.2, 0.25) is 0 Å². The van der Waals surface area contributed by atoms with Crippen molar-refractivity contribution in [3.63, 3.8) is 0 Å². The van der Waals surface area contributed by atoms with Crippen LogP contribution in [-0.4, -0.2) is 48.3 Å². The van der Waals surface area contributed by atoms with E-state index in [9.17, 15) is 4.79 Å². The van der Waals surface area contributed by atoms with Crippen LogP contribution in [0.4, 0.5) is 0 Å². The summed E-state index contributed by atoms with van der Waals surface area (Å²) < 4.78 is 5.04. The van der Waals surface area contributed by atoms with Crippen molar-refractivity contribution in [2.24, 2.45) is 0 Å². The first-order chi connectivity index (χ1) is 7.29. The number of aliphatic hydroxyl groups excluding tert-OH is 1. The minimum absolute atomic E-state index is 0.0213. The number of amides is 1. The van der Waals surface area contributed by atoms with Crippen LogP contribution in [0.1, 0.15) is 19.3 Å². The Morgan fingerprint density at radius 1 is 1.60 bits per heavy atom. The Bertz CT molecular complexity index is 243. The molecule has 1 saturated carbocycles. The lowest BCUT2D eigenvalue weighted by molar-refractivity contribution is -0.133. The molecule has 0 bridgehead atoms. The molecule has 4 nitrogen and oxygen atoms in total. The number of rotatable bonds is 7. The van der Waals surface area contributed by atoms with Gasteiger partial charge in [-0.1, -0.05) is 5.92 Å². The van der Waals surface area contributed by atoms with Gasteiger partial charge in [-0.15, -0.1) is 6.42 Å². The molecule has 0 aromatic rings. The Morgan fingerprint density at radius 2 is 2.33 bits per heavy atom. The molecular formula is C11H17NO3. The summed E-state index contributed by atoms with van der Waals surface area (Å²) in [6.45, 7) is 1.06. The molecule has 0 aliphatic heterocycles. The molecule has 0 aromatic heterocycles. The van der Waals surface area contributed by atoms with Gasteiger partial charge in [0, 0.05) is 12.6 Å². The van der Waals surface area contributed by atoms with Crippen LogP contribution < -0.4 is 0 Å². The molecule has 0 heterocycles. The highest BCUT2D eigenvalue weighted by molar-refractivity contribution is 5.77. The lowest BCUT2D eigenvalue weighted by Crippen LogP contribution is -2.36. The van der Waals surface area contributed by atoms with Gasteiger partial charge in [0.15, 0.2) is 0 Å². The molecule has 1 fully saturated rings. The zero-order chi connectivity index (χ0) is 11.1. The summed E-state index contributed by atoms with van der Waals surface area (Å²) in [6, 6.07) is 0.345. The van der Waals surface area contributed by atoms with Gasteiger partial charge in [0.1, 0.15) is 6.61 Å². The lowest BCUT2D eigenvalue weighted by atomic mass is 10.3. The van der Waals surface area contributed by atoms with Gasteiger partial charge in [-0.2, -0.15) is 0 Å². The van der Waals surface area contributed by atoms with E-state index in [2.05, 4.69) is 5.92 Å². The first-order valence-electron chi connectivity index (χ1n) is 5.21. The number of nitrogens with zero attached hydrogens (tertiary/aromatic N) is 1. The van der Waals surface area contributed by atoms with E-state index in [1.54, 1.807) is 4.90 Å². The maximum atomic E-state index is 11.7. The summed E-state index contributed by atoms with van der Waals surface area (Å²) in [5.41, 5.74) is 0. The molecule has 0 aromatic carbocycles. The Hall–Kier alpha value is -1.05. The fourth-order valence-corrected chi connectivity index (χ4v) is 1.44. The molecule has 1 aliphatic rings. The van der Waals surface area contributed by atoms with Crippen LogP contribution in [0, 0.1) is 12.3 Å². The van der Waals surface area contributed by atoms with Gasteiger partial charge in [-0.25, -0.2) is 0 Å². The second-order valence-electron chi connectivity index (χ2n) is 3.55. The van der Waals surface area contributed by atoms with Gasteiger partial charge in [-0.3, -0.25) is 4.79 Å². The van der Waals surface area contributed by atoms with Crippen LogP contribution in [0.25, 0.3) is 0 Å². The van der Waals surface area contributed by atoms with Gasteiger partial charge in [0.05, 0.1) is 19.6 Å². The van der Waals surface area contributed by atoms with Crippen LogP contribution >= 0.6 is 0 Å². The molecule has 1 amide bonds. The van der Waals surface area contributed by atoms with Crippen LogP contribution in [0.15, 0.2) is 0 Å².